The minimum Gasteiger partial charge on any atom is -0.750 e. The van der Waals surface area contributed by atoms with Gasteiger partial charge in [-0.1, -0.05) is 0 Å². The molecule has 1 aliphatic rings. The van der Waals surface area contributed by atoms with Gasteiger partial charge < -0.3 is 13.5 Å². The zero-order valence-electron chi connectivity index (χ0n) is 8.15. The Morgan fingerprint density at radius 1 is 1.36 bits per heavy atom. The lowest BCUT2D eigenvalue weighted by atomic mass is 10.3. The average molecular weight is 222 g/mol. The summed E-state index contributed by atoms with van der Waals surface area (Å²) >= 11 is -2.36. The summed E-state index contributed by atoms with van der Waals surface area (Å²) in [6.45, 7) is 4.86. The monoisotopic (exact) mass is 222 g/mol. The molecule has 1 unspecified atom stereocenters. The Kier molecular flexibility index (Phi) is 6.29. The molecule has 0 amide bonds. The van der Waals surface area contributed by atoms with Crippen molar-refractivity contribution < 1.29 is 17.7 Å². The van der Waals surface area contributed by atoms with E-state index in [1.54, 1.807) is 0 Å². The van der Waals surface area contributed by atoms with Gasteiger partial charge in [0.25, 0.3) is 0 Å². The highest BCUT2D eigenvalue weighted by Crippen LogP contribution is 2.00. The van der Waals surface area contributed by atoms with Crippen molar-refractivity contribution in [1.82, 2.24) is 4.90 Å². The highest BCUT2D eigenvalue weighted by Gasteiger charge is 2.08. The number of hydrogen-bond acceptors (Lipinski definition) is 5. The summed E-state index contributed by atoms with van der Waals surface area (Å²) in [6, 6.07) is 0. The third-order valence-electron chi connectivity index (χ3n) is 2.15. The molecular formula is C8H16NO4S-. The van der Waals surface area contributed by atoms with Gasteiger partial charge in [-0.15, -0.1) is 0 Å². The fourth-order valence-electron chi connectivity index (χ4n) is 1.39. The van der Waals surface area contributed by atoms with Crippen LogP contribution in [0.3, 0.4) is 0 Å². The van der Waals surface area contributed by atoms with E-state index in [-0.39, 0.29) is 0 Å². The zero-order valence-corrected chi connectivity index (χ0v) is 8.96. The van der Waals surface area contributed by atoms with Crippen LogP contribution >= 0.6 is 0 Å². The van der Waals surface area contributed by atoms with Crippen LogP contribution in [-0.2, 0) is 20.3 Å². The molecule has 1 aliphatic heterocycles. The lowest BCUT2D eigenvalue weighted by molar-refractivity contribution is 0.0368. The van der Waals surface area contributed by atoms with E-state index in [1.165, 1.54) is 0 Å². The molecule has 0 aliphatic carbocycles. The smallest absolute Gasteiger partial charge is 0.0842 e. The van der Waals surface area contributed by atoms with Gasteiger partial charge in [0, 0.05) is 13.1 Å². The van der Waals surface area contributed by atoms with Crippen LogP contribution < -0.4 is 0 Å². The predicted octanol–water partition coefficient (Wildman–Crippen LogP) is -0.0905. The molecule has 0 aromatic carbocycles. The maximum atomic E-state index is 10.0. The van der Waals surface area contributed by atoms with Crippen molar-refractivity contribution in [2.75, 3.05) is 39.5 Å². The van der Waals surface area contributed by atoms with Crippen molar-refractivity contribution in [2.45, 2.75) is 12.8 Å². The Morgan fingerprint density at radius 3 is 2.71 bits per heavy atom. The van der Waals surface area contributed by atoms with Gasteiger partial charge in [0.15, 0.2) is 0 Å². The summed E-state index contributed by atoms with van der Waals surface area (Å²) in [5, 5.41) is 0. The van der Waals surface area contributed by atoms with E-state index in [2.05, 4.69) is 9.08 Å². The number of nitrogens with zero attached hydrogens (tertiary/aromatic N) is 1. The molecule has 0 bridgehead atoms. The van der Waals surface area contributed by atoms with E-state index >= 15 is 0 Å². The van der Waals surface area contributed by atoms with Gasteiger partial charge in [-0.05, 0) is 19.4 Å². The standard InChI is InChI=1S/C8H17NO4S/c10-14(11)13-6-2-1-3-9-4-7-12-8-5-9/h1-8H2,(H,10,11)/p-1. The molecule has 0 N–H and O–H groups in total. The third kappa shape index (κ3) is 5.66. The van der Waals surface area contributed by atoms with Crippen LogP contribution in [0.2, 0.25) is 0 Å². The van der Waals surface area contributed by atoms with E-state index in [4.69, 9.17) is 4.74 Å². The second-order valence-electron chi connectivity index (χ2n) is 3.19. The molecule has 0 aromatic heterocycles. The van der Waals surface area contributed by atoms with Crippen molar-refractivity contribution in [3.05, 3.63) is 0 Å². The Bertz CT molecular complexity index is 173. The van der Waals surface area contributed by atoms with Crippen LogP contribution in [0.1, 0.15) is 12.8 Å². The van der Waals surface area contributed by atoms with Crippen LogP contribution in [0.15, 0.2) is 0 Å². The molecule has 0 radical (unpaired) electrons. The van der Waals surface area contributed by atoms with Crippen LogP contribution in [0.25, 0.3) is 0 Å². The Morgan fingerprint density at radius 2 is 2.07 bits per heavy atom. The van der Waals surface area contributed by atoms with Crippen molar-refractivity contribution in [1.29, 1.82) is 0 Å². The molecule has 14 heavy (non-hydrogen) atoms. The highest BCUT2D eigenvalue weighted by molar-refractivity contribution is 7.74. The summed E-state index contributed by atoms with van der Waals surface area (Å²) in [5.41, 5.74) is 0. The molecule has 0 saturated carbocycles. The molecule has 84 valence electrons. The number of morpholine rings is 1. The second kappa shape index (κ2) is 7.30. The van der Waals surface area contributed by atoms with Crippen LogP contribution in [0.4, 0.5) is 0 Å². The van der Waals surface area contributed by atoms with Gasteiger partial charge in [-0.2, -0.15) is 0 Å². The minimum atomic E-state index is -2.36. The van der Waals surface area contributed by atoms with E-state index in [9.17, 15) is 8.76 Å². The van der Waals surface area contributed by atoms with E-state index in [0.29, 0.717) is 6.61 Å². The zero-order chi connectivity index (χ0) is 10.2. The van der Waals surface area contributed by atoms with Crippen LogP contribution in [0.5, 0.6) is 0 Å². The van der Waals surface area contributed by atoms with Gasteiger partial charge in [-0.3, -0.25) is 4.90 Å². The van der Waals surface area contributed by atoms with Gasteiger partial charge in [-0.25, -0.2) is 4.21 Å². The van der Waals surface area contributed by atoms with Gasteiger partial charge >= 0.3 is 0 Å². The van der Waals surface area contributed by atoms with Crippen molar-refractivity contribution in [3.8, 4) is 0 Å². The number of ether oxygens (including phenoxy) is 1. The highest BCUT2D eigenvalue weighted by atomic mass is 32.2. The molecule has 0 spiro atoms. The normalized spacial score (nSPS) is 20.9. The average Bonchev–Trinajstić information content (AvgIpc) is 2.18. The maximum absolute atomic E-state index is 10.0. The maximum Gasteiger partial charge on any atom is 0.0842 e. The number of unbranched alkanes of at least 4 members (excludes halogenated alkanes) is 1. The van der Waals surface area contributed by atoms with E-state index in [1.807, 2.05) is 0 Å². The second-order valence-corrected chi connectivity index (χ2v) is 3.83. The third-order valence-corrected chi connectivity index (χ3v) is 2.51. The quantitative estimate of drug-likeness (QED) is 0.464. The molecule has 1 heterocycles. The van der Waals surface area contributed by atoms with Crippen molar-refractivity contribution in [2.24, 2.45) is 0 Å². The Labute approximate surface area is 86.9 Å². The summed E-state index contributed by atoms with van der Waals surface area (Å²) in [5.74, 6) is 0. The molecule has 1 rings (SSSR count). The van der Waals surface area contributed by atoms with Crippen LogP contribution in [0, 0.1) is 0 Å². The van der Waals surface area contributed by atoms with Gasteiger partial charge in [0.2, 0.25) is 0 Å². The molecule has 5 nitrogen and oxygen atoms in total. The van der Waals surface area contributed by atoms with Crippen LogP contribution in [-0.4, -0.2) is 53.1 Å². The molecule has 1 saturated heterocycles. The van der Waals surface area contributed by atoms with Crippen molar-refractivity contribution in [3.63, 3.8) is 0 Å². The topological polar surface area (TPSA) is 61.8 Å². The van der Waals surface area contributed by atoms with Gasteiger partial charge in [0.05, 0.1) is 31.2 Å². The SMILES string of the molecule is O=S([O-])OCCCCN1CCOCC1. The first-order valence-electron chi connectivity index (χ1n) is 4.81. The molecule has 1 atom stereocenters. The molecule has 6 heteroatoms. The first-order valence-corrected chi connectivity index (χ1v) is 5.81. The first-order chi connectivity index (χ1) is 6.79. The van der Waals surface area contributed by atoms with E-state index in [0.717, 1.165) is 45.7 Å². The molecule has 1 fully saturated rings. The Balaban J connectivity index is 1.90. The molecular weight excluding hydrogens is 206 g/mol. The van der Waals surface area contributed by atoms with Gasteiger partial charge in [0.1, 0.15) is 0 Å². The van der Waals surface area contributed by atoms with Crippen molar-refractivity contribution >= 4 is 11.4 Å². The fourth-order valence-corrected chi connectivity index (χ4v) is 1.64. The Hall–Kier alpha value is -0.0100. The first kappa shape index (κ1) is 12.1. The summed E-state index contributed by atoms with van der Waals surface area (Å²) in [7, 11) is 0. The lowest BCUT2D eigenvalue weighted by Gasteiger charge is -2.26. The number of rotatable bonds is 6. The summed E-state index contributed by atoms with van der Waals surface area (Å²) in [4.78, 5) is 2.32. The summed E-state index contributed by atoms with van der Waals surface area (Å²) in [6.07, 6.45) is 1.75. The largest absolute Gasteiger partial charge is 0.750 e. The number of hydrogen-bond donors (Lipinski definition) is 0. The fraction of sp³-hybridized carbons (Fsp3) is 1.00. The van der Waals surface area contributed by atoms with E-state index < -0.39 is 11.4 Å². The molecule has 0 aromatic rings. The summed E-state index contributed by atoms with van der Waals surface area (Å²) < 4.78 is 29.6. The predicted molar refractivity (Wildman–Crippen MR) is 51.4 cm³/mol. The minimum absolute atomic E-state index is 0.292. The lowest BCUT2D eigenvalue weighted by Crippen LogP contribution is -2.36.